The van der Waals surface area contributed by atoms with Gasteiger partial charge in [-0.15, -0.1) is 0 Å². The fourth-order valence-electron chi connectivity index (χ4n) is 2.09. The van der Waals surface area contributed by atoms with Gasteiger partial charge >= 0.3 is 0 Å². The highest BCUT2D eigenvalue weighted by molar-refractivity contribution is 4.81. The van der Waals surface area contributed by atoms with Gasteiger partial charge < -0.3 is 10.1 Å². The first-order chi connectivity index (χ1) is 7.15. The van der Waals surface area contributed by atoms with E-state index in [0.717, 1.165) is 24.9 Å². The predicted molar refractivity (Wildman–Crippen MR) is 65.0 cm³/mol. The van der Waals surface area contributed by atoms with E-state index in [4.69, 9.17) is 4.74 Å². The monoisotopic (exact) mass is 213 g/mol. The van der Waals surface area contributed by atoms with Crippen LogP contribution in [0.4, 0.5) is 0 Å². The summed E-state index contributed by atoms with van der Waals surface area (Å²) in [5.41, 5.74) is 0. The Hall–Kier alpha value is -0.0800. The zero-order valence-electron chi connectivity index (χ0n) is 10.8. The van der Waals surface area contributed by atoms with E-state index < -0.39 is 0 Å². The molecule has 1 saturated carbocycles. The third-order valence-corrected chi connectivity index (χ3v) is 3.57. The minimum absolute atomic E-state index is 0.617. The number of ether oxygens (including phenoxy) is 1. The Kier molecular flexibility index (Phi) is 5.62. The van der Waals surface area contributed by atoms with Gasteiger partial charge in [0.25, 0.3) is 0 Å². The highest BCUT2D eigenvalue weighted by Gasteiger charge is 2.28. The molecule has 2 heteroatoms. The van der Waals surface area contributed by atoms with Crippen LogP contribution in [-0.4, -0.2) is 26.3 Å². The van der Waals surface area contributed by atoms with Crippen LogP contribution in [0.25, 0.3) is 0 Å². The topological polar surface area (TPSA) is 21.3 Å². The molecule has 1 fully saturated rings. The molecule has 0 bridgehead atoms. The lowest BCUT2D eigenvalue weighted by molar-refractivity contribution is 0.172. The molecule has 0 aromatic heterocycles. The van der Waals surface area contributed by atoms with Crippen molar-refractivity contribution in [1.82, 2.24) is 5.32 Å². The molecule has 1 aliphatic rings. The molecule has 0 radical (unpaired) electrons. The third-order valence-electron chi connectivity index (χ3n) is 3.57. The van der Waals surface area contributed by atoms with Crippen LogP contribution in [0, 0.1) is 17.8 Å². The van der Waals surface area contributed by atoms with E-state index in [-0.39, 0.29) is 0 Å². The summed E-state index contributed by atoms with van der Waals surface area (Å²) in [6, 6.07) is 0.617. The smallest absolute Gasteiger partial charge is 0.0477 e. The van der Waals surface area contributed by atoms with E-state index in [2.05, 4.69) is 26.1 Å². The van der Waals surface area contributed by atoms with Crippen LogP contribution in [0.15, 0.2) is 0 Å². The van der Waals surface area contributed by atoms with Crippen molar-refractivity contribution in [3.8, 4) is 0 Å². The molecule has 0 spiro atoms. The van der Waals surface area contributed by atoms with E-state index in [1.54, 1.807) is 7.11 Å². The van der Waals surface area contributed by atoms with Crippen LogP contribution in [0.1, 0.15) is 40.0 Å². The maximum atomic E-state index is 5.15. The van der Waals surface area contributed by atoms with Gasteiger partial charge in [-0.1, -0.05) is 20.8 Å². The van der Waals surface area contributed by atoms with Crippen molar-refractivity contribution in [2.75, 3.05) is 20.3 Å². The van der Waals surface area contributed by atoms with Gasteiger partial charge in [0, 0.05) is 19.8 Å². The van der Waals surface area contributed by atoms with Crippen molar-refractivity contribution in [2.24, 2.45) is 17.8 Å². The maximum Gasteiger partial charge on any atom is 0.0477 e. The van der Waals surface area contributed by atoms with Gasteiger partial charge in [0.05, 0.1) is 0 Å². The summed E-state index contributed by atoms with van der Waals surface area (Å²) in [5.74, 6) is 2.56. The second kappa shape index (κ2) is 6.49. The van der Waals surface area contributed by atoms with Gasteiger partial charge in [-0.25, -0.2) is 0 Å². The molecule has 0 saturated heterocycles. The molecule has 90 valence electrons. The highest BCUT2D eigenvalue weighted by atomic mass is 16.5. The Morgan fingerprint density at radius 2 is 1.93 bits per heavy atom. The molecule has 0 aromatic carbocycles. The zero-order valence-corrected chi connectivity index (χ0v) is 10.8. The summed E-state index contributed by atoms with van der Waals surface area (Å²) in [4.78, 5) is 0. The van der Waals surface area contributed by atoms with Crippen LogP contribution < -0.4 is 5.32 Å². The van der Waals surface area contributed by atoms with E-state index >= 15 is 0 Å². The first-order valence-corrected chi connectivity index (χ1v) is 6.37. The molecular formula is C13H27NO. The van der Waals surface area contributed by atoms with Crippen LogP contribution >= 0.6 is 0 Å². The molecule has 1 N–H and O–H groups in total. The second-order valence-electron chi connectivity index (χ2n) is 5.35. The van der Waals surface area contributed by atoms with E-state index in [9.17, 15) is 0 Å². The lowest BCUT2D eigenvalue weighted by Crippen LogP contribution is -2.37. The average Bonchev–Trinajstić information content (AvgIpc) is 3.00. The van der Waals surface area contributed by atoms with Gasteiger partial charge in [-0.2, -0.15) is 0 Å². The molecule has 0 heterocycles. The summed E-state index contributed by atoms with van der Waals surface area (Å²) in [7, 11) is 1.78. The Balaban J connectivity index is 2.17. The molecular weight excluding hydrogens is 186 g/mol. The highest BCUT2D eigenvalue weighted by Crippen LogP contribution is 2.36. The molecule has 2 nitrogen and oxygen atoms in total. The largest absolute Gasteiger partial charge is 0.385 e. The molecule has 1 aliphatic carbocycles. The van der Waals surface area contributed by atoms with Crippen LogP contribution in [0.5, 0.6) is 0 Å². The molecule has 2 unspecified atom stereocenters. The fraction of sp³-hybridized carbons (Fsp3) is 1.00. The first-order valence-electron chi connectivity index (χ1n) is 6.37. The lowest BCUT2D eigenvalue weighted by atomic mass is 9.99. The fourth-order valence-corrected chi connectivity index (χ4v) is 2.09. The van der Waals surface area contributed by atoms with E-state index in [1.165, 1.54) is 19.4 Å². The number of rotatable bonds is 8. The van der Waals surface area contributed by atoms with Crippen LogP contribution in [0.2, 0.25) is 0 Å². The number of hydrogen-bond donors (Lipinski definition) is 1. The molecule has 1 rings (SSSR count). The number of nitrogens with one attached hydrogen (secondary N) is 1. The SMILES string of the molecule is COCCC(NCC(C)C1CC1)C(C)C. The van der Waals surface area contributed by atoms with E-state index in [1.807, 2.05) is 0 Å². The summed E-state index contributed by atoms with van der Waals surface area (Å²) >= 11 is 0. The minimum atomic E-state index is 0.617. The van der Waals surface area contributed by atoms with Gasteiger partial charge in [-0.05, 0) is 43.6 Å². The predicted octanol–water partition coefficient (Wildman–Crippen LogP) is 2.68. The van der Waals surface area contributed by atoms with Crippen molar-refractivity contribution in [3.63, 3.8) is 0 Å². The Bertz CT molecular complexity index is 166. The van der Waals surface area contributed by atoms with Gasteiger partial charge in [-0.3, -0.25) is 0 Å². The number of hydrogen-bond acceptors (Lipinski definition) is 2. The normalized spacial score (nSPS) is 20.6. The summed E-state index contributed by atoms with van der Waals surface area (Å²) < 4.78 is 5.15. The Morgan fingerprint density at radius 1 is 1.27 bits per heavy atom. The van der Waals surface area contributed by atoms with Crippen LogP contribution in [-0.2, 0) is 4.74 Å². The van der Waals surface area contributed by atoms with Crippen molar-refractivity contribution >= 4 is 0 Å². The summed E-state index contributed by atoms with van der Waals surface area (Å²) in [6.07, 6.45) is 4.03. The van der Waals surface area contributed by atoms with Crippen LogP contribution in [0.3, 0.4) is 0 Å². The minimum Gasteiger partial charge on any atom is -0.385 e. The quantitative estimate of drug-likeness (QED) is 0.669. The molecule has 0 aromatic rings. The zero-order chi connectivity index (χ0) is 11.3. The second-order valence-corrected chi connectivity index (χ2v) is 5.35. The molecule has 0 amide bonds. The Morgan fingerprint density at radius 3 is 2.40 bits per heavy atom. The average molecular weight is 213 g/mol. The van der Waals surface area contributed by atoms with Crippen molar-refractivity contribution in [1.29, 1.82) is 0 Å². The molecule has 2 atom stereocenters. The summed E-state index contributed by atoms with van der Waals surface area (Å²) in [6.45, 7) is 8.99. The van der Waals surface area contributed by atoms with Crippen molar-refractivity contribution in [2.45, 2.75) is 46.1 Å². The van der Waals surface area contributed by atoms with Gasteiger partial charge in [0.1, 0.15) is 0 Å². The molecule has 0 aliphatic heterocycles. The standard InChI is InChI=1S/C13H27NO/c1-10(2)13(7-8-15-4)14-9-11(3)12-5-6-12/h10-14H,5-9H2,1-4H3. The first kappa shape index (κ1) is 13.0. The maximum absolute atomic E-state index is 5.15. The van der Waals surface area contributed by atoms with Crippen molar-refractivity contribution < 1.29 is 4.74 Å². The molecule has 15 heavy (non-hydrogen) atoms. The van der Waals surface area contributed by atoms with Crippen molar-refractivity contribution in [3.05, 3.63) is 0 Å². The third kappa shape index (κ3) is 4.98. The van der Waals surface area contributed by atoms with Gasteiger partial charge in [0.15, 0.2) is 0 Å². The summed E-state index contributed by atoms with van der Waals surface area (Å²) in [5, 5.41) is 3.70. The Labute approximate surface area is 94.8 Å². The van der Waals surface area contributed by atoms with E-state index in [0.29, 0.717) is 12.0 Å². The lowest BCUT2D eigenvalue weighted by Gasteiger charge is -2.24. The van der Waals surface area contributed by atoms with Gasteiger partial charge in [0.2, 0.25) is 0 Å². The number of methoxy groups -OCH3 is 1.